The van der Waals surface area contributed by atoms with Crippen LogP contribution in [0.1, 0.15) is 57.4 Å². The summed E-state index contributed by atoms with van der Waals surface area (Å²) in [6, 6.07) is 9.85. The van der Waals surface area contributed by atoms with Crippen molar-refractivity contribution in [2.75, 3.05) is 17.2 Å². The lowest BCUT2D eigenvalue weighted by atomic mass is 9.67. The van der Waals surface area contributed by atoms with Gasteiger partial charge in [0.15, 0.2) is 0 Å². The minimum Gasteiger partial charge on any atom is -0.383 e. The quantitative estimate of drug-likeness (QED) is 0.289. The molecule has 2 heterocycles. The number of hydrogen-bond acceptors (Lipinski definition) is 6. The molecule has 2 N–H and O–H groups in total. The van der Waals surface area contributed by atoms with Crippen molar-refractivity contribution in [1.82, 2.24) is 20.0 Å². The molecule has 0 saturated heterocycles. The molecule has 1 fully saturated rings. The van der Waals surface area contributed by atoms with E-state index in [2.05, 4.69) is 52.8 Å². The number of pyridine rings is 1. The van der Waals surface area contributed by atoms with E-state index in [1.54, 1.807) is 16.8 Å². The standard InChI is InChI=1S/C28H26B2Cl2FN7/c1-26(2,3)14-36-22-15(12-34)13-35-23-17(22)10-16(11-19(23)32)37-28(30,21-18(31)6-5-7-20(21)33)24-25(29)40(39-38-24)27(4)8-9-27/h5-7,10-11,13,37H,8-9,14H2,1-4H3,(H,35,36). The number of nitrogens with zero attached hydrogens (tertiary/aromatic N) is 5. The lowest BCUT2D eigenvalue weighted by molar-refractivity contribution is 0.443. The highest BCUT2D eigenvalue weighted by Gasteiger charge is 2.44. The van der Waals surface area contributed by atoms with E-state index in [0.717, 1.165) is 12.8 Å². The number of nitrogens with one attached hydrogen (secondary N) is 2. The van der Waals surface area contributed by atoms with Gasteiger partial charge in [-0.25, -0.2) is 4.39 Å². The highest BCUT2D eigenvalue weighted by atomic mass is 35.5. The van der Waals surface area contributed by atoms with Crippen molar-refractivity contribution in [3.63, 3.8) is 0 Å². The molecule has 4 radical (unpaired) electrons. The first-order valence-corrected chi connectivity index (χ1v) is 13.5. The van der Waals surface area contributed by atoms with Crippen molar-refractivity contribution in [1.29, 1.82) is 5.26 Å². The summed E-state index contributed by atoms with van der Waals surface area (Å²) in [5.41, 5.74) is -0.123. The molecule has 0 aliphatic heterocycles. The molecule has 200 valence electrons. The molecular formula is C28H26B2Cl2FN7. The third-order valence-corrected chi connectivity index (χ3v) is 7.71. The maximum Gasteiger partial charge on any atom is 0.144 e. The van der Waals surface area contributed by atoms with Gasteiger partial charge in [0.1, 0.15) is 27.6 Å². The van der Waals surface area contributed by atoms with Crippen LogP contribution in [-0.4, -0.2) is 42.2 Å². The van der Waals surface area contributed by atoms with Gasteiger partial charge >= 0.3 is 0 Å². The summed E-state index contributed by atoms with van der Waals surface area (Å²) in [5.74, 6) is -0.651. The number of nitriles is 1. The molecule has 40 heavy (non-hydrogen) atoms. The van der Waals surface area contributed by atoms with Crippen LogP contribution in [0, 0.1) is 22.6 Å². The van der Waals surface area contributed by atoms with Crippen LogP contribution in [-0.2, 0) is 11.0 Å². The highest BCUT2D eigenvalue weighted by Crippen LogP contribution is 2.43. The lowest BCUT2D eigenvalue weighted by Crippen LogP contribution is -2.44. The van der Waals surface area contributed by atoms with E-state index in [1.165, 1.54) is 24.4 Å². The Balaban J connectivity index is 1.70. The molecule has 0 bridgehead atoms. The number of aromatic nitrogens is 4. The Hall–Kier alpha value is -3.28. The van der Waals surface area contributed by atoms with Crippen LogP contribution in [0.4, 0.5) is 15.8 Å². The maximum atomic E-state index is 15.4. The van der Waals surface area contributed by atoms with Crippen LogP contribution in [0.5, 0.6) is 0 Å². The van der Waals surface area contributed by atoms with E-state index in [9.17, 15) is 5.26 Å². The Morgan fingerprint density at radius 1 is 1.20 bits per heavy atom. The minimum atomic E-state index is -1.84. The van der Waals surface area contributed by atoms with E-state index in [0.29, 0.717) is 39.4 Å². The molecule has 1 atom stereocenters. The first-order valence-electron chi connectivity index (χ1n) is 12.8. The molecular weight excluding hydrogens is 546 g/mol. The summed E-state index contributed by atoms with van der Waals surface area (Å²) in [5, 5.41) is 25.9. The fraction of sp³-hybridized carbons (Fsp3) is 0.357. The first-order chi connectivity index (χ1) is 18.8. The smallest absolute Gasteiger partial charge is 0.144 e. The number of hydrogen-bond donors (Lipinski definition) is 2. The van der Waals surface area contributed by atoms with Crippen molar-refractivity contribution in [3.8, 4) is 6.07 Å². The van der Waals surface area contributed by atoms with E-state index >= 15 is 4.39 Å². The van der Waals surface area contributed by atoms with Crippen LogP contribution in [0.25, 0.3) is 10.9 Å². The molecule has 7 nitrogen and oxygen atoms in total. The van der Waals surface area contributed by atoms with Gasteiger partial charge in [-0.15, -0.1) is 5.10 Å². The zero-order chi connectivity index (χ0) is 29.0. The Kier molecular flexibility index (Phi) is 7.04. The highest BCUT2D eigenvalue weighted by molar-refractivity contribution is 6.37. The molecule has 0 amide bonds. The second-order valence-corrected chi connectivity index (χ2v) is 12.5. The number of benzene rings is 2. The summed E-state index contributed by atoms with van der Waals surface area (Å²) in [7, 11) is 13.5. The monoisotopic (exact) mass is 571 g/mol. The van der Waals surface area contributed by atoms with Crippen LogP contribution in [0.2, 0.25) is 10.0 Å². The van der Waals surface area contributed by atoms with Gasteiger partial charge in [0.2, 0.25) is 0 Å². The Morgan fingerprint density at radius 2 is 1.93 bits per heavy atom. The van der Waals surface area contributed by atoms with Crippen LogP contribution in [0.3, 0.4) is 0 Å². The zero-order valence-electron chi connectivity index (χ0n) is 22.6. The van der Waals surface area contributed by atoms with Crippen molar-refractivity contribution in [2.24, 2.45) is 5.41 Å². The SMILES string of the molecule is [B]c1c(C([B])(Nc2cc(Cl)c3ncc(C#N)c(NCC(C)(C)C)c3c2)c2c(F)cccc2Cl)nnn1C1(C)CC1. The summed E-state index contributed by atoms with van der Waals surface area (Å²) in [6.45, 7) is 8.83. The van der Waals surface area contributed by atoms with Gasteiger partial charge in [0, 0.05) is 40.0 Å². The van der Waals surface area contributed by atoms with E-state index < -0.39 is 11.3 Å². The van der Waals surface area contributed by atoms with Crippen molar-refractivity contribution < 1.29 is 4.39 Å². The van der Waals surface area contributed by atoms with E-state index in [-0.39, 0.29) is 32.8 Å². The summed E-state index contributed by atoms with van der Waals surface area (Å²) in [4.78, 5) is 4.41. The predicted octanol–water partition coefficient (Wildman–Crippen LogP) is 5.39. The maximum absolute atomic E-state index is 15.4. The number of halogens is 3. The number of fused-ring (bicyclic) bond motifs is 1. The van der Waals surface area contributed by atoms with Gasteiger partial charge in [0.25, 0.3) is 0 Å². The van der Waals surface area contributed by atoms with Gasteiger partial charge in [-0.2, -0.15) is 5.26 Å². The van der Waals surface area contributed by atoms with E-state index in [1.807, 2.05) is 6.92 Å². The summed E-state index contributed by atoms with van der Waals surface area (Å²) in [6.07, 6.45) is 3.24. The molecule has 4 aromatic rings. The number of anilines is 2. The fourth-order valence-electron chi connectivity index (χ4n) is 4.66. The molecule has 1 aliphatic carbocycles. The Morgan fingerprint density at radius 3 is 2.55 bits per heavy atom. The first kappa shape index (κ1) is 28.3. The van der Waals surface area contributed by atoms with Gasteiger partial charge in [-0.05, 0) is 49.4 Å². The largest absolute Gasteiger partial charge is 0.383 e. The molecule has 5 rings (SSSR count). The second-order valence-electron chi connectivity index (χ2n) is 11.7. The van der Waals surface area contributed by atoms with Crippen molar-refractivity contribution >= 4 is 66.8 Å². The molecule has 0 spiro atoms. The van der Waals surface area contributed by atoms with Crippen LogP contribution >= 0.6 is 23.2 Å². The molecule has 2 aromatic carbocycles. The molecule has 12 heteroatoms. The van der Waals surface area contributed by atoms with Gasteiger partial charge < -0.3 is 10.6 Å². The summed E-state index contributed by atoms with van der Waals surface area (Å²) >= 11 is 13.2. The van der Waals surface area contributed by atoms with Crippen molar-refractivity contribution in [2.45, 2.75) is 51.5 Å². The third-order valence-electron chi connectivity index (χ3n) is 7.10. The average Bonchev–Trinajstić information content (AvgIpc) is 3.48. The minimum absolute atomic E-state index is 0.0532. The molecule has 1 unspecified atom stereocenters. The Bertz CT molecular complexity index is 1650. The van der Waals surface area contributed by atoms with Crippen molar-refractivity contribution in [3.05, 3.63) is 69.2 Å². The second kappa shape index (κ2) is 9.97. The number of rotatable bonds is 7. The van der Waals surface area contributed by atoms with Crippen LogP contribution in [0.15, 0.2) is 36.5 Å². The van der Waals surface area contributed by atoms with E-state index in [4.69, 9.17) is 38.9 Å². The Labute approximate surface area is 245 Å². The fourth-order valence-corrected chi connectivity index (χ4v) is 5.24. The van der Waals surface area contributed by atoms with Gasteiger partial charge in [-0.1, -0.05) is 55.3 Å². The van der Waals surface area contributed by atoms with Gasteiger partial charge in [0.05, 0.1) is 38.5 Å². The normalized spacial score (nSPS) is 15.8. The van der Waals surface area contributed by atoms with Gasteiger partial charge in [-0.3, -0.25) is 9.67 Å². The molecule has 2 aromatic heterocycles. The zero-order valence-corrected chi connectivity index (χ0v) is 24.1. The average molecular weight is 572 g/mol. The topological polar surface area (TPSA) is 91.4 Å². The molecule has 1 saturated carbocycles. The van der Waals surface area contributed by atoms with Crippen LogP contribution < -0.4 is 16.2 Å². The lowest BCUT2D eigenvalue weighted by Gasteiger charge is -2.34. The third kappa shape index (κ3) is 5.02. The predicted molar refractivity (Wildman–Crippen MR) is 159 cm³/mol. The summed E-state index contributed by atoms with van der Waals surface area (Å²) < 4.78 is 17.1. The molecule has 1 aliphatic rings.